The molecule has 0 aliphatic rings. The first-order valence-corrected chi connectivity index (χ1v) is 7.15. The average Bonchev–Trinajstić information content (AvgIpc) is 2.85. The van der Waals surface area contributed by atoms with Crippen molar-refractivity contribution < 1.29 is 24.2 Å². The molecular weight excluding hydrogens is 296 g/mol. The molecule has 1 unspecified atom stereocenters. The molecule has 0 saturated heterocycles. The van der Waals surface area contributed by atoms with Crippen LogP contribution in [-0.2, 0) is 14.3 Å². The second-order valence-electron chi connectivity index (χ2n) is 4.34. The van der Waals surface area contributed by atoms with Crippen molar-refractivity contribution in [1.82, 2.24) is 5.32 Å². The molecule has 1 atom stereocenters. The van der Waals surface area contributed by atoms with Gasteiger partial charge in [-0.1, -0.05) is 0 Å². The Labute approximate surface area is 126 Å². The normalized spacial score (nSPS) is 11.7. The highest BCUT2D eigenvalue weighted by Gasteiger charge is 2.21. The fraction of sp³-hybridized carbons (Fsp3) is 0.462. The lowest BCUT2D eigenvalue weighted by Gasteiger charge is -2.13. The molecule has 1 aromatic heterocycles. The van der Waals surface area contributed by atoms with E-state index in [4.69, 9.17) is 9.84 Å². The summed E-state index contributed by atoms with van der Waals surface area (Å²) in [7, 11) is 1.53. The van der Waals surface area contributed by atoms with Gasteiger partial charge in [-0.05, 0) is 25.0 Å². The fourth-order valence-corrected chi connectivity index (χ4v) is 2.47. The Morgan fingerprint density at radius 1 is 1.38 bits per heavy atom. The molecule has 0 aliphatic carbocycles. The number of aliphatic carboxylic acids is 1. The number of thiophene rings is 1. The molecule has 0 saturated carbocycles. The standard InChI is InChI=1S/C13H18N2O5S/c1-8(16)14-11-6-5-10(21-11)12(17)15-9(13(18)19)4-3-7-20-2/h5-6,9H,3-4,7H2,1-2H3,(H,14,16)(H,15,17)(H,18,19). The number of rotatable bonds is 8. The average molecular weight is 314 g/mol. The van der Waals surface area contributed by atoms with Gasteiger partial charge < -0.3 is 20.5 Å². The van der Waals surface area contributed by atoms with Gasteiger partial charge in [0.15, 0.2) is 0 Å². The number of carboxylic acids is 1. The maximum Gasteiger partial charge on any atom is 0.326 e. The summed E-state index contributed by atoms with van der Waals surface area (Å²) < 4.78 is 4.86. The predicted octanol–water partition coefficient (Wildman–Crippen LogP) is 1.32. The van der Waals surface area contributed by atoms with E-state index in [-0.39, 0.29) is 5.91 Å². The third kappa shape index (κ3) is 5.92. The van der Waals surface area contributed by atoms with E-state index in [1.807, 2.05) is 0 Å². The largest absolute Gasteiger partial charge is 0.480 e. The molecule has 1 heterocycles. The minimum absolute atomic E-state index is 0.230. The van der Waals surface area contributed by atoms with Crippen LogP contribution in [-0.4, -0.2) is 42.6 Å². The Morgan fingerprint density at radius 2 is 2.10 bits per heavy atom. The smallest absolute Gasteiger partial charge is 0.326 e. The SMILES string of the molecule is COCCCC(NC(=O)c1ccc(NC(C)=O)s1)C(=O)O. The second kappa shape index (κ2) is 8.38. The molecule has 0 fully saturated rings. The molecule has 3 N–H and O–H groups in total. The summed E-state index contributed by atoms with van der Waals surface area (Å²) in [4.78, 5) is 34.3. The van der Waals surface area contributed by atoms with Gasteiger partial charge in [0, 0.05) is 20.6 Å². The van der Waals surface area contributed by atoms with E-state index >= 15 is 0 Å². The molecule has 0 bridgehead atoms. The number of carbonyl (C=O) groups excluding carboxylic acids is 2. The summed E-state index contributed by atoms with van der Waals surface area (Å²) in [6.07, 6.45) is 0.828. The molecule has 0 radical (unpaired) electrons. The Kier molecular flexibility index (Phi) is 6.83. The third-order valence-electron chi connectivity index (χ3n) is 2.57. The van der Waals surface area contributed by atoms with Crippen LogP contribution in [0.3, 0.4) is 0 Å². The van der Waals surface area contributed by atoms with E-state index in [1.165, 1.54) is 14.0 Å². The Hall–Kier alpha value is -1.93. The van der Waals surface area contributed by atoms with Crippen LogP contribution in [0.5, 0.6) is 0 Å². The van der Waals surface area contributed by atoms with Crippen LogP contribution in [0.1, 0.15) is 29.4 Å². The predicted molar refractivity (Wildman–Crippen MR) is 78.6 cm³/mol. The number of nitrogens with one attached hydrogen (secondary N) is 2. The lowest BCUT2D eigenvalue weighted by molar-refractivity contribution is -0.139. The van der Waals surface area contributed by atoms with Crippen LogP contribution in [0, 0.1) is 0 Å². The van der Waals surface area contributed by atoms with Gasteiger partial charge in [0.05, 0.1) is 9.88 Å². The summed E-state index contributed by atoms with van der Waals surface area (Å²) in [5, 5.41) is 14.7. The highest BCUT2D eigenvalue weighted by atomic mass is 32.1. The van der Waals surface area contributed by atoms with Gasteiger partial charge in [-0.25, -0.2) is 4.79 Å². The number of anilines is 1. The monoisotopic (exact) mass is 314 g/mol. The van der Waals surface area contributed by atoms with E-state index in [0.717, 1.165) is 11.3 Å². The molecule has 1 aromatic rings. The zero-order valence-electron chi connectivity index (χ0n) is 11.8. The third-order valence-corrected chi connectivity index (χ3v) is 3.57. The minimum atomic E-state index is -1.09. The molecule has 1 rings (SSSR count). The van der Waals surface area contributed by atoms with Crippen molar-refractivity contribution in [2.45, 2.75) is 25.8 Å². The molecule has 0 spiro atoms. The number of amides is 2. The van der Waals surface area contributed by atoms with Gasteiger partial charge in [0.25, 0.3) is 5.91 Å². The quantitative estimate of drug-likeness (QED) is 0.628. The molecule has 21 heavy (non-hydrogen) atoms. The lowest BCUT2D eigenvalue weighted by Crippen LogP contribution is -2.40. The van der Waals surface area contributed by atoms with E-state index in [9.17, 15) is 14.4 Å². The van der Waals surface area contributed by atoms with Crippen molar-refractivity contribution in [3.63, 3.8) is 0 Å². The number of carbonyl (C=O) groups is 3. The maximum atomic E-state index is 12.0. The molecule has 7 nitrogen and oxygen atoms in total. The number of carboxylic acid groups (broad SMARTS) is 1. The number of hydrogen-bond donors (Lipinski definition) is 3. The summed E-state index contributed by atoms with van der Waals surface area (Å²) in [5.41, 5.74) is 0. The summed E-state index contributed by atoms with van der Waals surface area (Å²) in [6, 6.07) is 2.18. The first-order chi connectivity index (χ1) is 9.93. The van der Waals surface area contributed by atoms with Crippen molar-refractivity contribution in [2.75, 3.05) is 19.0 Å². The summed E-state index contributed by atoms with van der Waals surface area (Å²) in [6.45, 7) is 1.81. The van der Waals surface area contributed by atoms with Crippen LogP contribution in [0.25, 0.3) is 0 Å². The van der Waals surface area contributed by atoms with Gasteiger partial charge in [0.2, 0.25) is 5.91 Å². The Balaban J connectivity index is 2.62. The first kappa shape index (κ1) is 17.1. The van der Waals surface area contributed by atoms with Gasteiger partial charge in [-0.3, -0.25) is 9.59 Å². The van der Waals surface area contributed by atoms with Crippen molar-refractivity contribution in [3.05, 3.63) is 17.0 Å². The van der Waals surface area contributed by atoms with Gasteiger partial charge in [0.1, 0.15) is 6.04 Å². The summed E-state index contributed by atoms with van der Waals surface area (Å²) in [5.74, 6) is -1.79. The Morgan fingerprint density at radius 3 is 2.67 bits per heavy atom. The van der Waals surface area contributed by atoms with E-state index in [2.05, 4.69) is 10.6 Å². The van der Waals surface area contributed by atoms with Crippen LogP contribution in [0.2, 0.25) is 0 Å². The van der Waals surface area contributed by atoms with E-state index < -0.39 is 17.9 Å². The van der Waals surface area contributed by atoms with Gasteiger partial charge in [-0.15, -0.1) is 11.3 Å². The van der Waals surface area contributed by atoms with Crippen molar-refractivity contribution in [2.24, 2.45) is 0 Å². The second-order valence-corrected chi connectivity index (χ2v) is 5.43. The minimum Gasteiger partial charge on any atom is -0.480 e. The zero-order valence-corrected chi connectivity index (χ0v) is 12.7. The topological polar surface area (TPSA) is 105 Å². The maximum absolute atomic E-state index is 12.0. The van der Waals surface area contributed by atoms with E-state index in [1.54, 1.807) is 12.1 Å². The highest BCUT2D eigenvalue weighted by Crippen LogP contribution is 2.21. The number of methoxy groups -OCH3 is 1. The van der Waals surface area contributed by atoms with E-state index in [0.29, 0.717) is 29.3 Å². The first-order valence-electron chi connectivity index (χ1n) is 6.34. The zero-order chi connectivity index (χ0) is 15.8. The molecule has 2 amide bonds. The summed E-state index contributed by atoms with van der Waals surface area (Å²) >= 11 is 1.09. The number of ether oxygens (including phenoxy) is 1. The number of hydrogen-bond acceptors (Lipinski definition) is 5. The fourth-order valence-electron chi connectivity index (χ4n) is 1.62. The lowest BCUT2D eigenvalue weighted by atomic mass is 10.1. The molecule has 116 valence electrons. The van der Waals surface area contributed by atoms with Crippen LogP contribution in [0.4, 0.5) is 5.00 Å². The molecule has 0 aliphatic heterocycles. The molecule has 0 aromatic carbocycles. The van der Waals surface area contributed by atoms with Crippen molar-refractivity contribution in [1.29, 1.82) is 0 Å². The van der Waals surface area contributed by atoms with Crippen molar-refractivity contribution in [3.8, 4) is 0 Å². The van der Waals surface area contributed by atoms with Gasteiger partial charge in [-0.2, -0.15) is 0 Å². The van der Waals surface area contributed by atoms with Gasteiger partial charge >= 0.3 is 5.97 Å². The van der Waals surface area contributed by atoms with Crippen LogP contribution >= 0.6 is 11.3 Å². The highest BCUT2D eigenvalue weighted by molar-refractivity contribution is 7.18. The Bertz CT molecular complexity index is 514. The molecular formula is C13H18N2O5S. The van der Waals surface area contributed by atoms with Crippen LogP contribution < -0.4 is 10.6 Å². The van der Waals surface area contributed by atoms with Crippen LogP contribution in [0.15, 0.2) is 12.1 Å². The van der Waals surface area contributed by atoms with Crippen molar-refractivity contribution >= 4 is 34.1 Å². The molecule has 8 heteroatoms.